The molecule has 0 radical (unpaired) electrons. The normalized spacial score (nSPS) is 18.5. The molecule has 2 aliphatic heterocycles. The van der Waals surface area contributed by atoms with Crippen LogP contribution in [0, 0.1) is 0 Å². The number of amides is 2. The van der Waals surface area contributed by atoms with Gasteiger partial charge in [0.1, 0.15) is 0 Å². The van der Waals surface area contributed by atoms with Crippen LogP contribution in [-0.2, 0) is 11.2 Å². The number of rotatable bonds is 10. The van der Waals surface area contributed by atoms with Gasteiger partial charge in [-0.2, -0.15) is 0 Å². The van der Waals surface area contributed by atoms with Gasteiger partial charge in [0, 0.05) is 25.2 Å². The van der Waals surface area contributed by atoms with Crippen LogP contribution in [0.3, 0.4) is 0 Å². The number of methoxy groups -OCH3 is 2. The highest BCUT2D eigenvalue weighted by Gasteiger charge is 2.46. The molecule has 0 aliphatic carbocycles. The van der Waals surface area contributed by atoms with Gasteiger partial charge >= 0.3 is 0 Å². The molecule has 188 valence electrons. The number of fused-ring (bicyclic) bond motifs is 4. The Morgan fingerprint density at radius 3 is 2.40 bits per heavy atom. The Morgan fingerprint density at radius 1 is 1.03 bits per heavy atom. The second-order valence-corrected chi connectivity index (χ2v) is 9.30. The first-order chi connectivity index (χ1) is 17.0. The molecule has 0 aromatic heterocycles. The average Bonchev–Trinajstić information content (AvgIpc) is 2.88. The van der Waals surface area contributed by atoms with E-state index in [9.17, 15) is 9.59 Å². The van der Waals surface area contributed by atoms with E-state index in [1.165, 1.54) is 0 Å². The largest absolute Gasteiger partial charge is 0.493 e. The smallest absolute Gasteiger partial charge is 0.254 e. The highest BCUT2D eigenvalue weighted by atomic mass is 16.5. The van der Waals surface area contributed by atoms with Crippen molar-refractivity contribution in [3.63, 3.8) is 0 Å². The average molecular weight is 480 g/mol. The standard InChI is InChI=1S/C28H37N3O4/c1-5-13-30(14-6-2)16-12-29-27(32)25-20-9-7-8-10-21(20)28(33)31-15-11-19-17-23(34-3)24(35-4)18-22(19)26(25)31/h7-10,17-18,25-26H,5-6,11-16H2,1-4H3,(H,29,32)/t25-,26+/m0/s1. The Bertz CT molecular complexity index is 1060. The Balaban J connectivity index is 1.69. The first kappa shape index (κ1) is 25.0. The zero-order valence-corrected chi connectivity index (χ0v) is 21.3. The minimum atomic E-state index is -0.494. The number of hydrogen-bond donors (Lipinski definition) is 1. The summed E-state index contributed by atoms with van der Waals surface area (Å²) in [6.07, 6.45) is 2.88. The van der Waals surface area contributed by atoms with Gasteiger partial charge in [0.25, 0.3) is 5.91 Å². The molecule has 7 heteroatoms. The Labute approximate surface area is 208 Å². The summed E-state index contributed by atoms with van der Waals surface area (Å²) in [5, 5.41) is 3.20. The molecule has 2 heterocycles. The van der Waals surface area contributed by atoms with Gasteiger partial charge in [-0.15, -0.1) is 0 Å². The number of carbonyl (C=O) groups excluding carboxylic acids is 2. The van der Waals surface area contributed by atoms with E-state index in [1.54, 1.807) is 14.2 Å². The fourth-order valence-corrected chi connectivity index (χ4v) is 5.55. The molecule has 0 bridgehead atoms. The molecule has 2 aromatic carbocycles. The lowest BCUT2D eigenvalue weighted by Crippen LogP contribution is -2.50. The topological polar surface area (TPSA) is 71.1 Å². The fraction of sp³-hybridized carbons (Fsp3) is 0.500. The summed E-state index contributed by atoms with van der Waals surface area (Å²) in [7, 11) is 3.23. The first-order valence-electron chi connectivity index (χ1n) is 12.7. The van der Waals surface area contributed by atoms with Crippen molar-refractivity contribution in [2.24, 2.45) is 0 Å². The Morgan fingerprint density at radius 2 is 1.71 bits per heavy atom. The lowest BCUT2D eigenvalue weighted by molar-refractivity contribution is -0.124. The predicted octanol–water partition coefficient (Wildman–Crippen LogP) is 3.78. The number of benzene rings is 2. The molecule has 2 atom stereocenters. The zero-order valence-electron chi connectivity index (χ0n) is 21.3. The number of hydrogen-bond acceptors (Lipinski definition) is 5. The van der Waals surface area contributed by atoms with Crippen molar-refractivity contribution in [3.05, 3.63) is 58.7 Å². The van der Waals surface area contributed by atoms with E-state index in [2.05, 4.69) is 24.1 Å². The molecule has 35 heavy (non-hydrogen) atoms. The quantitative estimate of drug-likeness (QED) is 0.562. The van der Waals surface area contributed by atoms with Gasteiger partial charge < -0.3 is 24.6 Å². The Hall–Kier alpha value is -3.06. The lowest BCUT2D eigenvalue weighted by atomic mass is 9.75. The molecular weight excluding hydrogens is 442 g/mol. The van der Waals surface area contributed by atoms with Crippen molar-refractivity contribution in [1.82, 2.24) is 15.1 Å². The summed E-state index contributed by atoms with van der Waals surface area (Å²) >= 11 is 0. The second kappa shape index (κ2) is 11.1. The summed E-state index contributed by atoms with van der Waals surface area (Å²) in [6.45, 7) is 8.36. The van der Waals surface area contributed by atoms with Crippen LogP contribution in [-0.4, -0.2) is 68.6 Å². The number of nitrogens with one attached hydrogen (secondary N) is 1. The first-order valence-corrected chi connectivity index (χ1v) is 12.7. The summed E-state index contributed by atoms with van der Waals surface area (Å²) < 4.78 is 11.1. The number of carbonyl (C=O) groups is 2. The summed E-state index contributed by atoms with van der Waals surface area (Å²) in [5.74, 6) is 0.707. The third kappa shape index (κ3) is 4.87. The van der Waals surface area contributed by atoms with E-state index in [4.69, 9.17) is 9.47 Å². The second-order valence-electron chi connectivity index (χ2n) is 9.30. The van der Waals surface area contributed by atoms with E-state index in [-0.39, 0.29) is 17.9 Å². The minimum Gasteiger partial charge on any atom is -0.493 e. The SMILES string of the molecule is CCCN(CCC)CCNC(=O)[C@H]1c2ccccc2C(=O)N2CCc3cc(OC)c(OC)cc3[C@H]12. The minimum absolute atomic E-state index is 0.0212. The van der Waals surface area contributed by atoms with Crippen molar-refractivity contribution in [3.8, 4) is 11.5 Å². The van der Waals surface area contributed by atoms with Crippen LogP contribution in [0.1, 0.15) is 65.7 Å². The van der Waals surface area contributed by atoms with Crippen LogP contribution < -0.4 is 14.8 Å². The van der Waals surface area contributed by atoms with E-state index >= 15 is 0 Å². The summed E-state index contributed by atoms with van der Waals surface area (Å²) in [6, 6.07) is 11.1. The fourth-order valence-electron chi connectivity index (χ4n) is 5.55. The molecule has 0 unspecified atom stereocenters. The lowest BCUT2D eigenvalue weighted by Gasteiger charge is -2.45. The molecule has 0 saturated heterocycles. The third-order valence-corrected chi connectivity index (χ3v) is 7.11. The van der Waals surface area contributed by atoms with Crippen LogP contribution in [0.25, 0.3) is 0 Å². The van der Waals surface area contributed by atoms with Gasteiger partial charge in [-0.05, 0) is 67.2 Å². The summed E-state index contributed by atoms with van der Waals surface area (Å²) in [5.41, 5.74) is 3.45. The van der Waals surface area contributed by atoms with Gasteiger partial charge in [0.15, 0.2) is 11.5 Å². The van der Waals surface area contributed by atoms with E-state index < -0.39 is 5.92 Å². The molecular formula is C28H37N3O4. The Kier molecular flexibility index (Phi) is 7.96. The maximum absolute atomic E-state index is 13.8. The summed E-state index contributed by atoms with van der Waals surface area (Å²) in [4.78, 5) is 31.5. The molecule has 2 aliphatic rings. The van der Waals surface area contributed by atoms with Crippen molar-refractivity contribution < 1.29 is 19.1 Å². The maximum atomic E-state index is 13.8. The molecule has 0 fully saturated rings. The van der Waals surface area contributed by atoms with Crippen LogP contribution >= 0.6 is 0 Å². The maximum Gasteiger partial charge on any atom is 0.254 e. The molecule has 4 rings (SSSR count). The van der Waals surface area contributed by atoms with Crippen molar-refractivity contribution in [1.29, 1.82) is 0 Å². The zero-order chi connectivity index (χ0) is 24.9. The molecule has 0 spiro atoms. The predicted molar refractivity (Wildman–Crippen MR) is 136 cm³/mol. The number of ether oxygens (including phenoxy) is 2. The number of nitrogens with zero attached hydrogens (tertiary/aromatic N) is 2. The third-order valence-electron chi connectivity index (χ3n) is 7.11. The highest BCUT2D eigenvalue weighted by molar-refractivity contribution is 6.01. The van der Waals surface area contributed by atoms with Crippen LogP contribution in [0.2, 0.25) is 0 Å². The van der Waals surface area contributed by atoms with Gasteiger partial charge in [0.05, 0.1) is 26.2 Å². The van der Waals surface area contributed by atoms with E-state index in [0.717, 1.165) is 49.2 Å². The van der Waals surface area contributed by atoms with Gasteiger partial charge in [0.2, 0.25) is 5.91 Å². The van der Waals surface area contributed by atoms with E-state index in [1.807, 2.05) is 41.3 Å². The van der Waals surface area contributed by atoms with Crippen LogP contribution in [0.4, 0.5) is 0 Å². The molecule has 2 amide bonds. The van der Waals surface area contributed by atoms with Gasteiger partial charge in [-0.1, -0.05) is 32.0 Å². The highest BCUT2D eigenvalue weighted by Crippen LogP contribution is 2.48. The monoisotopic (exact) mass is 479 g/mol. The van der Waals surface area contributed by atoms with Gasteiger partial charge in [-0.25, -0.2) is 0 Å². The van der Waals surface area contributed by atoms with Crippen molar-refractivity contribution >= 4 is 11.8 Å². The molecule has 0 saturated carbocycles. The van der Waals surface area contributed by atoms with E-state index in [0.29, 0.717) is 36.6 Å². The van der Waals surface area contributed by atoms with Crippen molar-refractivity contribution in [2.45, 2.75) is 45.1 Å². The molecule has 2 aromatic rings. The van der Waals surface area contributed by atoms with Gasteiger partial charge in [-0.3, -0.25) is 9.59 Å². The van der Waals surface area contributed by atoms with Crippen LogP contribution in [0.5, 0.6) is 11.5 Å². The molecule has 7 nitrogen and oxygen atoms in total. The molecule has 1 N–H and O–H groups in total. The van der Waals surface area contributed by atoms with Crippen LogP contribution in [0.15, 0.2) is 36.4 Å². The van der Waals surface area contributed by atoms with Crippen molar-refractivity contribution in [2.75, 3.05) is 46.9 Å².